The van der Waals surface area contributed by atoms with Crippen molar-refractivity contribution in [2.45, 2.75) is 6.92 Å². The van der Waals surface area contributed by atoms with Crippen LogP contribution < -0.4 is 11.1 Å². The van der Waals surface area contributed by atoms with Gasteiger partial charge in [-0.2, -0.15) is 0 Å². The summed E-state index contributed by atoms with van der Waals surface area (Å²) in [5, 5.41) is 4.19. The lowest BCUT2D eigenvalue weighted by atomic mass is 10.2. The fourth-order valence-corrected chi connectivity index (χ4v) is 2.75. The van der Waals surface area contributed by atoms with Gasteiger partial charge in [0.05, 0.1) is 16.9 Å². The van der Waals surface area contributed by atoms with Crippen LogP contribution in [0.3, 0.4) is 0 Å². The van der Waals surface area contributed by atoms with Crippen LogP contribution in [0, 0.1) is 12.7 Å². The van der Waals surface area contributed by atoms with Gasteiger partial charge in [0, 0.05) is 10.9 Å². The maximum absolute atomic E-state index is 13.1. The molecule has 0 amide bonds. The van der Waals surface area contributed by atoms with Gasteiger partial charge in [-0.25, -0.2) is 9.38 Å². The minimum absolute atomic E-state index is 0. The topological polar surface area (TPSA) is 50.4 Å². The molecule has 1 aromatic heterocycles. The summed E-state index contributed by atoms with van der Waals surface area (Å²) in [4.78, 5) is 5.41. The number of halogens is 2. The van der Waals surface area contributed by atoms with Gasteiger partial charge in [0.15, 0.2) is 0 Å². The van der Waals surface area contributed by atoms with Crippen molar-refractivity contribution in [2.75, 3.05) is 5.32 Å². The predicted octanol–water partition coefficient (Wildman–Crippen LogP) is 3.71. The summed E-state index contributed by atoms with van der Waals surface area (Å²) in [6.45, 7) is 2.01. The number of fused-ring (bicyclic) bond motifs is 2. The third kappa shape index (κ3) is 2.07. The Kier molecular flexibility index (Phi) is 3.28. The highest BCUT2D eigenvalue weighted by molar-refractivity contribution is 7.16. The van der Waals surface area contributed by atoms with Gasteiger partial charge in [-0.05, 0) is 25.1 Å². The number of hydrogen-bond donors (Lipinski definition) is 2. The van der Waals surface area contributed by atoms with Crippen LogP contribution in [-0.2, 0) is 0 Å². The molecule has 0 fully saturated rings. The van der Waals surface area contributed by atoms with Crippen LogP contribution in [0.25, 0.3) is 0 Å². The Balaban J connectivity index is 0.00000120. The van der Waals surface area contributed by atoms with E-state index >= 15 is 0 Å². The molecular weight excluding hydrogens is 273 g/mol. The van der Waals surface area contributed by atoms with E-state index in [1.165, 1.54) is 12.1 Å². The number of nitrogens with zero attached hydrogens (tertiary/aromatic N) is 1. The Labute approximate surface area is 114 Å². The molecule has 0 radical (unpaired) electrons. The SMILES string of the molecule is Cc1cc2c(s1)Nc1ccc(F)cc1N=C2N.Cl. The van der Waals surface area contributed by atoms with Crippen LogP contribution in [0.1, 0.15) is 10.4 Å². The first-order chi connectivity index (χ1) is 8.13. The zero-order valence-electron chi connectivity index (χ0n) is 9.53. The summed E-state index contributed by atoms with van der Waals surface area (Å²) >= 11 is 1.61. The van der Waals surface area contributed by atoms with E-state index < -0.39 is 0 Å². The number of benzene rings is 1. The van der Waals surface area contributed by atoms with E-state index in [-0.39, 0.29) is 18.2 Å². The Bertz CT molecular complexity index is 636. The van der Waals surface area contributed by atoms with Gasteiger partial charge >= 0.3 is 0 Å². The number of thiophene rings is 1. The van der Waals surface area contributed by atoms with Gasteiger partial charge in [-0.1, -0.05) is 0 Å². The smallest absolute Gasteiger partial charge is 0.134 e. The summed E-state index contributed by atoms with van der Waals surface area (Å²) in [5.74, 6) is 0.102. The van der Waals surface area contributed by atoms with Gasteiger partial charge in [0.1, 0.15) is 16.7 Å². The molecule has 0 bridgehead atoms. The normalized spacial score (nSPS) is 12.4. The number of rotatable bonds is 0. The number of amidine groups is 1. The Morgan fingerprint density at radius 1 is 1.33 bits per heavy atom. The number of hydrogen-bond acceptors (Lipinski definition) is 4. The molecule has 1 aromatic carbocycles. The molecule has 2 aromatic rings. The number of aliphatic imine (C=N–C) groups is 1. The molecular formula is C12H11ClFN3S. The van der Waals surface area contributed by atoms with E-state index in [1.54, 1.807) is 17.4 Å². The molecule has 1 aliphatic heterocycles. The molecule has 0 spiro atoms. The largest absolute Gasteiger partial charge is 0.383 e. The standard InChI is InChI=1S/C12H10FN3S.ClH/c1-6-4-8-11(14)15-10-5-7(13)2-3-9(10)16-12(8)17-6;/h2-5,16H,1H3,(H2,14,15);1H. The van der Waals surface area contributed by atoms with E-state index in [0.29, 0.717) is 11.5 Å². The van der Waals surface area contributed by atoms with Crippen molar-refractivity contribution < 1.29 is 4.39 Å². The quantitative estimate of drug-likeness (QED) is 0.774. The minimum atomic E-state index is -0.316. The predicted molar refractivity (Wildman–Crippen MR) is 76.4 cm³/mol. The van der Waals surface area contributed by atoms with Gasteiger partial charge in [-0.3, -0.25) is 0 Å². The summed E-state index contributed by atoms with van der Waals surface area (Å²) in [6, 6.07) is 6.43. The molecule has 0 atom stereocenters. The van der Waals surface area contributed by atoms with Crippen LogP contribution in [0.5, 0.6) is 0 Å². The second-order valence-electron chi connectivity index (χ2n) is 3.88. The lowest BCUT2D eigenvalue weighted by molar-refractivity contribution is 0.628. The summed E-state index contributed by atoms with van der Waals surface area (Å²) in [7, 11) is 0. The Morgan fingerprint density at radius 2 is 2.11 bits per heavy atom. The summed E-state index contributed by atoms with van der Waals surface area (Å²) < 4.78 is 13.1. The number of anilines is 2. The van der Waals surface area contributed by atoms with Crippen LogP contribution in [-0.4, -0.2) is 5.84 Å². The van der Waals surface area contributed by atoms with Gasteiger partial charge < -0.3 is 11.1 Å². The van der Waals surface area contributed by atoms with Crippen LogP contribution in [0.4, 0.5) is 20.8 Å². The van der Waals surface area contributed by atoms with Crippen molar-refractivity contribution in [3.05, 3.63) is 40.5 Å². The molecule has 0 unspecified atom stereocenters. The van der Waals surface area contributed by atoms with Crippen molar-refractivity contribution in [3.8, 4) is 0 Å². The number of aryl methyl sites for hydroxylation is 1. The van der Waals surface area contributed by atoms with E-state index in [4.69, 9.17) is 5.73 Å². The van der Waals surface area contributed by atoms with Crippen molar-refractivity contribution >= 4 is 46.0 Å². The highest BCUT2D eigenvalue weighted by atomic mass is 35.5. The zero-order valence-corrected chi connectivity index (χ0v) is 11.2. The van der Waals surface area contributed by atoms with Crippen LogP contribution in [0.2, 0.25) is 0 Å². The third-order valence-electron chi connectivity index (χ3n) is 2.58. The third-order valence-corrected chi connectivity index (χ3v) is 3.55. The molecule has 0 aliphatic carbocycles. The summed E-state index contributed by atoms with van der Waals surface area (Å²) in [6.07, 6.45) is 0. The van der Waals surface area contributed by atoms with Crippen molar-refractivity contribution in [3.63, 3.8) is 0 Å². The van der Waals surface area contributed by atoms with Gasteiger partial charge in [0.2, 0.25) is 0 Å². The number of nitrogens with one attached hydrogen (secondary N) is 1. The molecule has 0 saturated carbocycles. The fraction of sp³-hybridized carbons (Fsp3) is 0.0833. The summed E-state index contributed by atoms with van der Waals surface area (Å²) in [5.41, 5.74) is 8.10. The monoisotopic (exact) mass is 283 g/mol. The lowest BCUT2D eigenvalue weighted by Gasteiger charge is -2.05. The molecule has 0 saturated heterocycles. The first kappa shape index (κ1) is 12.9. The fourth-order valence-electron chi connectivity index (χ4n) is 1.81. The van der Waals surface area contributed by atoms with Crippen LogP contribution >= 0.6 is 23.7 Å². The maximum Gasteiger partial charge on any atom is 0.134 e. The second-order valence-corrected chi connectivity index (χ2v) is 5.14. The molecule has 3 rings (SSSR count). The zero-order chi connectivity index (χ0) is 12.0. The van der Waals surface area contributed by atoms with E-state index in [0.717, 1.165) is 21.1 Å². The Morgan fingerprint density at radius 3 is 2.89 bits per heavy atom. The Hall–Kier alpha value is -1.59. The molecule has 2 heterocycles. The van der Waals surface area contributed by atoms with Crippen LogP contribution in [0.15, 0.2) is 29.3 Å². The average molecular weight is 284 g/mol. The highest BCUT2D eigenvalue weighted by Crippen LogP contribution is 2.37. The molecule has 3 N–H and O–H groups in total. The van der Waals surface area contributed by atoms with Crippen molar-refractivity contribution in [1.82, 2.24) is 0 Å². The highest BCUT2D eigenvalue weighted by Gasteiger charge is 2.17. The molecule has 3 nitrogen and oxygen atoms in total. The van der Waals surface area contributed by atoms with E-state index in [2.05, 4.69) is 10.3 Å². The van der Waals surface area contributed by atoms with Crippen molar-refractivity contribution in [1.29, 1.82) is 0 Å². The molecule has 6 heteroatoms. The first-order valence-corrected chi connectivity index (χ1v) is 5.96. The van der Waals surface area contributed by atoms with E-state index in [9.17, 15) is 4.39 Å². The maximum atomic E-state index is 13.1. The molecule has 1 aliphatic rings. The molecule has 18 heavy (non-hydrogen) atoms. The second kappa shape index (κ2) is 4.59. The van der Waals surface area contributed by atoms with Gasteiger partial charge in [-0.15, -0.1) is 23.7 Å². The molecule has 94 valence electrons. The number of nitrogens with two attached hydrogens (primary N) is 1. The van der Waals surface area contributed by atoms with E-state index in [1.807, 2.05) is 13.0 Å². The average Bonchev–Trinajstić information content (AvgIpc) is 2.58. The first-order valence-electron chi connectivity index (χ1n) is 5.15. The lowest BCUT2D eigenvalue weighted by Crippen LogP contribution is -2.11. The van der Waals surface area contributed by atoms with Crippen molar-refractivity contribution in [2.24, 2.45) is 10.7 Å². The van der Waals surface area contributed by atoms with Gasteiger partial charge in [0.25, 0.3) is 0 Å². The minimum Gasteiger partial charge on any atom is -0.383 e.